The highest BCUT2D eigenvalue weighted by atomic mass is 16.5. The molecular weight excluding hydrogens is 342 g/mol. The summed E-state index contributed by atoms with van der Waals surface area (Å²) in [6.45, 7) is 3.71. The normalized spacial score (nSPS) is 25.6. The number of hydrogen-bond donors (Lipinski definition) is 0. The first-order valence-electron chi connectivity index (χ1n) is 9.50. The number of rotatable bonds is 3. The van der Waals surface area contributed by atoms with Crippen LogP contribution < -0.4 is 14.4 Å². The minimum Gasteiger partial charge on any atom is -0.496 e. The van der Waals surface area contributed by atoms with Crippen LogP contribution in [-0.2, 0) is 14.9 Å². The smallest absolute Gasteiger partial charge is 0.245 e. The van der Waals surface area contributed by atoms with Crippen LogP contribution in [0.3, 0.4) is 0 Å². The number of amides is 1. The summed E-state index contributed by atoms with van der Waals surface area (Å²) >= 11 is 0. The molecule has 3 heterocycles. The Morgan fingerprint density at radius 2 is 2.11 bits per heavy atom. The van der Waals surface area contributed by atoms with Crippen LogP contribution in [0.25, 0.3) is 0 Å². The highest BCUT2D eigenvalue weighted by Crippen LogP contribution is 2.53. The van der Waals surface area contributed by atoms with Gasteiger partial charge in [-0.3, -0.25) is 4.79 Å². The van der Waals surface area contributed by atoms with E-state index in [0.717, 1.165) is 53.3 Å². The van der Waals surface area contributed by atoms with E-state index in [-0.39, 0.29) is 12.0 Å². The number of nitrogens with zero attached hydrogens (tertiary/aromatic N) is 1. The quantitative estimate of drug-likeness (QED) is 0.838. The van der Waals surface area contributed by atoms with Gasteiger partial charge in [-0.05, 0) is 43.0 Å². The summed E-state index contributed by atoms with van der Waals surface area (Å²) in [4.78, 5) is 15.7. The number of aryl methyl sites for hydroxylation is 1. The Morgan fingerprint density at radius 3 is 2.89 bits per heavy atom. The van der Waals surface area contributed by atoms with Gasteiger partial charge in [0.05, 0.1) is 19.8 Å². The molecule has 2 aromatic carbocycles. The van der Waals surface area contributed by atoms with Crippen molar-refractivity contribution in [1.29, 1.82) is 0 Å². The third kappa shape index (κ3) is 2.24. The maximum Gasteiger partial charge on any atom is 0.245 e. The third-order valence-electron chi connectivity index (χ3n) is 6.08. The van der Waals surface area contributed by atoms with Crippen LogP contribution in [0.15, 0.2) is 36.4 Å². The number of hydrogen-bond acceptors (Lipinski definition) is 4. The third-order valence-corrected chi connectivity index (χ3v) is 6.08. The van der Waals surface area contributed by atoms with E-state index in [0.29, 0.717) is 13.2 Å². The first kappa shape index (κ1) is 16.6. The van der Waals surface area contributed by atoms with Crippen molar-refractivity contribution in [3.05, 3.63) is 53.1 Å². The molecule has 0 aromatic heterocycles. The molecule has 3 aliphatic rings. The van der Waals surface area contributed by atoms with Crippen molar-refractivity contribution in [2.75, 3.05) is 31.8 Å². The average Bonchev–Trinajstić information content (AvgIpc) is 3.38. The van der Waals surface area contributed by atoms with E-state index in [1.807, 2.05) is 42.2 Å². The number of carbonyl (C=O) groups excluding carboxylic acids is 1. The topological polar surface area (TPSA) is 48.0 Å². The van der Waals surface area contributed by atoms with Crippen LogP contribution in [0, 0.1) is 6.92 Å². The fraction of sp³-hybridized carbons (Fsp3) is 0.409. The van der Waals surface area contributed by atoms with Gasteiger partial charge in [-0.2, -0.15) is 0 Å². The number of fused-ring (bicyclic) bond motifs is 4. The molecule has 140 valence electrons. The van der Waals surface area contributed by atoms with Gasteiger partial charge in [-0.1, -0.05) is 18.2 Å². The largest absolute Gasteiger partial charge is 0.496 e. The zero-order valence-corrected chi connectivity index (χ0v) is 15.7. The van der Waals surface area contributed by atoms with Gasteiger partial charge >= 0.3 is 0 Å². The second-order valence-corrected chi connectivity index (χ2v) is 7.58. The number of benzene rings is 2. The summed E-state index contributed by atoms with van der Waals surface area (Å²) in [5, 5.41) is 0. The zero-order chi connectivity index (χ0) is 18.6. The molecule has 27 heavy (non-hydrogen) atoms. The van der Waals surface area contributed by atoms with Crippen LogP contribution >= 0.6 is 0 Å². The van der Waals surface area contributed by atoms with Gasteiger partial charge < -0.3 is 19.1 Å². The predicted octanol–water partition coefficient (Wildman–Crippen LogP) is 3.21. The van der Waals surface area contributed by atoms with E-state index >= 15 is 0 Å². The zero-order valence-electron chi connectivity index (χ0n) is 15.7. The molecule has 1 unspecified atom stereocenters. The Labute approximate surface area is 158 Å². The lowest BCUT2D eigenvalue weighted by molar-refractivity contribution is -0.122. The molecule has 1 amide bonds. The van der Waals surface area contributed by atoms with Crippen molar-refractivity contribution in [3.8, 4) is 11.5 Å². The SMILES string of the molecule is COc1cc2c(cc1C)C1(CO2)C(=O)N(C[C@H]2CCCO2)c2ccccc21. The molecule has 0 saturated carbocycles. The van der Waals surface area contributed by atoms with Crippen molar-refractivity contribution >= 4 is 11.6 Å². The number of methoxy groups -OCH3 is 1. The van der Waals surface area contributed by atoms with Gasteiger partial charge in [0, 0.05) is 23.9 Å². The Kier molecular flexibility index (Phi) is 3.69. The van der Waals surface area contributed by atoms with Gasteiger partial charge in [0.15, 0.2) is 0 Å². The fourth-order valence-corrected chi connectivity index (χ4v) is 4.70. The standard InChI is InChI=1S/C22H23NO4/c1-14-10-17-20(11-19(14)25-2)27-13-22(17)16-7-3-4-8-18(16)23(21(22)24)12-15-6-5-9-26-15/h3-4,7-8,10-11,15H,5-6,9,12-13H2,1-2H3/t15-,22?/m1/s1. The van der Waals surface area contributed by atoms with E-state index in [1.54, 1.807) is 7.11 Å². The van der Waals surface area contributed by atoms with Gasteiger partial charge in [0.1, 0.15) is 23.5 Å². The van der Waals surface area contributed by atoms with Crippen molar-refractivity contribution in [2.45, 2.75) is 31.3 Å². The van der Waals surface area contributed by atoms with Crippen molar-refractivity contribution < 1.29 is 19.0 Å². The van der Waals surface area contributed by atoms with E-state index in [1.165, 1.54) is 0 Å². The molecule has 2 aromatic rings. The number of anilines is 1. The maximum atomic E-state index is 13.8. The summed E-state index contributed by atoms with van der Waals surface area (Å²) in [5.41, 5.74) is 3.16. The van der Waals surface area contributed by atoms with E-state index in [2.05, 4.69) is 6.07 Å². The summed E-state index contributed by atoms with van der Waals surface area (Å²) in [5.74, 6) is 1.60. The lowest BCUT2D eigenvalue weighted by atomic mass is 9.76. The monoisotopic (exact) mass is 365 g/mol. The van der Waals surface area contributed by atoms with Crippen LogP contribution in [0.5, 0.6) is 11.5 Å². The molecule has 5 heteroatoms. The Balaban J connectivity index is 1.64. The van der Waals surface area contributed by atoms with Gasteiger partial charge in [0.2, 0.25) is 5.91 Å². The van der Waals surface area contributed by atoms with E-state index < -0.39 is 5.41 Å². The minimum atomic E-state index is -0.776. The molecule has 0 radical (unpaired) electrons. The molecule has 2 atom stereocenters. The predicted molar refractivity (Wildman–Crippen MR) is 102 cm³/mol. The van der Waals surface area contributed by atoms with Gasteiger partial charge in [-0.15, -0.1) is 0 Å². The highest BCUT2D eigenvalue weighted by Gasteiger charge is 2.57. The van der Waals surface area contributed by atoms with Crippen molar-refractivity contribution in [3.63, 3.8) is 0 Å². The summed E-state index contributed by atoms with van der Waals surface area (Å²) in [7, 11) is 1.65. The van der Waals surface area contributed by atoms with Crippen LogP contribution in [0.4, 0.5) is 5.69 Å². The highest BCUT2D eigenvalue weighted by molar-refractivity contribution is 6.11. The van der Waals surface area contributed by atoms with Gasteiger partial charge in [-0.25, -0.2) is 0 Å². The van der Waals surface area contributed by atoms with Crippen LogP contribution in [0.1, 0.15) is 29.5 Å². The van der Waals surface area contributed by atoms with Crippen LogP contribution in [-0.4, -0.2) is 38.9 Å². The van der Waals surface area contributed by atoms with E-state index in [9.17, 15) is 4.79 Å². The van der Waals surface area contributed by atoms with E-state index in [4.69, 9.17) is 14.2 Å². The van der Waals surface area contributed by atoms with Crippen LogP contribution in [0.2, 0.25) is 0 Å². The fourth-order valence-electron chi connectivity index (χ4n) is 4.70. The molecule has 3 aliphatic heterocycles. The Bertz CT molecular complexity index is 919. The summed E-state index contributed by atoms with van der Waals surface area (Å²) < 4.78 is 17.3. The molecule has 5 nitrogen and oxygen atoms in total. The first-order chi connectivity index (χ1) is 13.1. The summed E-state index contributed by atoms with van der Waals surface area (Å²) in [6, 6.07) is 12.0. The molecule has 5 rings (SSSR count). The molecule has 1 spiro atoms. The molecule has 0 bridgehead atoms. The molecule has 1 fully saturated rings. The number of para-hydroxylation sites is 1. The average molecular weight is 365 g/mol. The molecule has 1 saturated heterocycles. The first-order valence-corrected chi connectivity index (χ1v) is 9.50. The van der Waals surface area contributed by atoms with Crippen molar-refractivity contribution in [2.24, 2.45) is 0 Å². The Morgan fingerprint density at radius 1 is 1.26 bits per heavy atom. The second kappa shape index (κ2) is 5.99. The molecule has 0 N–H and O–H groups in total. The Hall–Kier alpha value is -2.53. The van der Waals surface area contributed by atoms with Crippen molar-refractivity contribution in [1.82, 2.24) is 0 Å². The lowest BCUT2D eigenvalue weighted by Gasteiger charge is -2.25. The minimum absolute atomic E-state index is 0.0857. The van der Waals surface area contributed by atoms with Gasteiger partial charge in [0.25, 0.3) is 0 Å². The molecular formula is C22H23NO4. The maximum absolute atomic E-state index is 13.8. The number of carbonyl (C=O) groups is 1. The second-order valence-electron chi connectivity index (χ2n) is 7.58. The molecule has 0 aliphatic carbocycles. The summed E-state index contributed by atoms with van der Waals surface area (Å²) in [6.07, 6.45) is 2.17. The lowest BCUT2D eigenvalue weighted by Crippen LogP contribution is -2.45. The number of ether oxygens (including phenoxy) is 3.